The van der Waals surface area contributed by atoms with Gasteiger partial charge in [0.1, 0.15) is 5.75 Å². The van der Waals surface area contributed by atoms with Crippen LogP contribution in [0.4, 0.5) is 0 Å². The first-order valence-electron chi connectivity index (χ1n) is 6.33. The molecule has 0 spiro atoms. The van der Waals surface area contributed by atoms with Crippen molar-refractivity contribution in [3.63, 3.8) is 0 Å². The minimum atomic E-state index is -2.97. The molecular formula is C13H18BrNO3S. The molecule has 1 aliphatic heterocycles. The quantitative estimate of drug-likeness (QED) is 0.821. The van der Waals surface area contributed by atoms with E-state index in [9.17, 15) is 8.42 Å². The van der Waals surface area contributed by atoms with Crippen molar-refractivity contribution < 1.29 is 13.2 Å². The van der Waals surface area contributed by atoms with E-state index in [-0.39, 0.29) is 0 Å². The van der Waals surface area contributed by atoms with Gasteiger partial charge in [0.15, 0.2) is 0 Å². The fourth-order valence-electron chi connectivity index (χ4n) is 2.31. The molecule has 0 N–H and O–H groups in total. The average molecular weight is 348 g/mol. The highest BCUT2D eigenvalue weighted by molar-refractivity contribution is 9.10. The number of hydrogen-bond acceptors (Lipinski definition) is 3. The van der Waals surface area contributed by atoms with Gasteiger partial charge in [0.2, 0.25) is 10.0 Å². The third kappa shape index (κ3) is 3.70. The van der Waals surface area contributed by atoms with Crippen molar-refractivity contribution in [2.75, 3.05) is 26.0 Å². The van der Waals surface area contributed by atoms with Crippen LogP contribution >= 0.6 is 15.9 Å². The third-order valence-corrected chi connectivity index (χ3v) is 5.76. The van der Waals surface area contributed by atoms with E-state index < -0.39 is 10.0 Å². The molecule has 1 heterocycles. The summed E-state index contributed by atoms with van der Waals surface area (Å²) in [5.74, 6) is 1.15. The SMILES string of the molecule is COc1cc(Br)ccc1CCCN1CCCS1(=O)=O. The highest BCUT2D eigenvalue weighted by Gasteiger charge is 2.27. The molecule has 1 aliphatic rings. The Morgan fingerprint density at radius 3 is 2.84 bits per heavy atom. The molecule has 1 aromatic rings. The van der Waals surface area contributed by atoms with E-state index in [1.54, 1.807) is 11.4 Å². The van der Waals surface area contributed by atoms with Gasteiger partial charge in [-0.1, -0.05) is 22.0 Å². The van der Waals surface area contributed by atoms with Gasteiger partial charge in [0.25, 0.3) is 0 Å². The second-order valence-corrected chi connectivity index (χ2v) is 7.63. The van der Waals surface area contributed by atoms with E-state index in [0.29, 0.717) is 18.8 Å². The van der Waals surface area contributed by atoms with E-state index in [1.807, 2.05) is 18.2 Å². The van der Waals surface area contributed by atoms with Crippen LogP contribution in [0.15, 0.2) is 22.7 Å². The minimum absolute atomic E-state index is 0.300. The maximum Gasteiger partial charge on any atom is 0.214 e. The number of halogens is 1. The summed E-state index contributed by atoms with van der Waals surface area (Å²) in [6, 6.07) is 5.92. The van der Waals surface area contributed by atoms with Crippen molar-refractivity contribution in [1.82, 2.24) is 4.31 Å². The van der Waals surface area contributed by atoms with Crippen LogP contribution in [-0.2, 0) is 16.4 Å². The number of aryl methyl sites for hydroxylation is 1. The predicted octanol–water partition coefficient (Wildman–Crippen LogP) is 2.43. The molecule has 0 radical (unpaired) electrons. The number of nitrogens with zero attached hydrogens (tertiary/aromatic N) is 1. The lowest BCUT2D eigenvalue weighted by atomic mass is 10.1. The fourth-order valence-corrected chi connectivity index (χ4v) is 4.22. The molecule has 6 heteroatoms. The van der Waals surface area contributed by atoms with Gasteiger partial charge in [-0.2, -0.15) is 0 Å². The standard InChI is InChI=1S/C13H18BrNO3S/c1-18-13-10-12(14)6-5-11(13)4-2-7-15-8-3-9-19(15,16)17/h5-6,10H,2-4,7-9H2,1H3. The fraction of sp³-hybridized carbons (Fsp3) is 0.538. The van der Waals surface area contributed by atoms with Gasteiger partial charge in [-0.25, -0.2) is 12.7 Å². The molecule has 0 bridgehead atoms. The summed E-state index contributed by atoms with van der Waals surface area (Å²) >= 11 is 3.41. The van der Waals surface area contributed by atoms with Crippen molar-refractivity contribution in [2.45, 2.75) is 19.3 Å². The topological polar surface area (TPSA) is 46.6 Å². The zero-order valence-electron chi connectivity index (χ0n) is 10.9. The molecule has 0 aliphatic carbocycles. The van der Waals surface area contributed by atoms with Gasteiger partial charge in [-0.05, 0) is 37.0 Å². The van der Waals surface area contributed by atoms with Gasteiger partial charge < -0.3 is 4.74 Å². The average Bonchev–Trinajstić information content (AvgIpc) is 2.70. The monoisotopic (exact) mass is 347 g/mol. The van der Waals surface area contributed by atoms with Gasteiger partial charge in [0, 0.05) is 17.6 Å². The summed E-state index contributed by atoms with van der Waals surface area (Å²) in [5, 5.41) is 0. The molecular weight excluding hydrogens is 330 g/mol. The van der Waals surface area contributed by atoms with Crippen LogP contribution in [-0.4, -0.2) is 38.7 Å². The lowest BCUT2D eigenvalue weighted by Gasteiger charge is -2.14. The van der Waals surface area contributed by atoms with Gasteiger partial charge in [-0.15, -0.1) is 0 Å². The second-order valence-electron chi connectivity index (χ2n) is 4.63. The first-order chi connectivity index (χ1) is 9.03. The van der Waals surface area contributed by atoms with E-state index in [1.165, 1.54) is 0 Å². The van der Waals surface area contributed by atoms with Crippen LogP contribution in [0.25, 0.3) is 0 Å². The van der Waals surface area contributed by atoms with Gasteiger partial charge in [0.05, 0.1) is 12.9 Å². The number of ether oxygens (including phenoxy) is 1. The predicted molar refractivity (Wildman–Crippen MR) is 79.0 cm³/mol. The molecule has 1 aromatic carbocycles. The Balaban J connectivity index is 1.93. The molecule has 1 fully saturated rings. The summed E-state index contributed by atoms with van der Waals surface area (Å²) in [4.78, 5) is 0. The highest BCUT2D eigenvalue weighted by atomic mass is 79.9. The molecule has 0 atom stereocenters. The summed E-state index contributed by atoms with van der Waals surface area (Å²) in [7, 11) is -1.32. The number of rotatable bonds is 5. The normalized spacial score (nSPS) is 18.6. The highest BCUT2D eigenvalue weighted by Crippen LogP contribution is 2.25. The molecule has 2 rings (SSSR count). The van der Waals surface area contributed by atoms with Crippen LogP contribution in [0.1, 0.15) is 18.4 Å². The molecule has 4 nitrogen and oxygen atoms in total. The van der Waals surface area contributed by atoms with Gasteiger partial charge in [-0.3, -0.25) is 0 Å². The Hall–Kier alpha value is -0.590. The van der Waals surface area contributed by atoms with E-state index in [0.717, 1.165) is 35.0 Å². The molecule has 106 valence electrons. The van der Waals surface area contributed by atoms with Gasteiger partial charge >= 0.3 is 0 Å². The van der Waals surface area contributed by atoms with Crippen molar-refractivity contribution >= 4 is 26.0 Å². The lowest BCUT2D eigenvalue weighted by Crippen LogP contribution is -2.27. The van der Waals surface area contributed by atoms with Crippen molar-refractivity contribution in [3.05, 3.63) is 28.2 Å². The molecule has 19 heavy (non-hydrogen) atoms. The number of benzene rings is 1. The molecule has 0 unspecified atom stereocenters. The molecule has 0 amide bonds. The summed E-state index contributed by atoms with van der Waals surface area (Å²) in [6.07, 6.45) is 2.39. The van der Waals surface area contributed by atoms with Crippen LogP contribution in [0.3, 0.4) is 0 Å². The first-order valence-corrected chi connectivity index (χ1v) is 8.73. The Morgan fingerprint density at radius 1 is 1.42 bits per heavy atom. The van der Waals surface area contributed by atoms with E-state index in [2.05, 4.69) is 15.9 Å². The van der Waals surface area contributed by atoms with E-state index in [4.69, 9.17) is 4.74 Å². The van der Waals surface area contributed by atoms with Crippen molar-refractivity contribution in [3.8, 4) is 5.75 Å². The van der Waals surface area contributed by atoms with Crippen molar-refractivity contribution in [2.24, 2.45) is 0 Å². The Bertz CT molecular complexity index is 545. The Morgan fingerprint density at radius 2 is 2.21 bits per heavy atom. The second kappa shape index (κ2) is 6.24. The summed E-state index contributed by atoms with van der Waals surface area (Å²) in [5.41, 5.74) is 1.11. The van der Waals surface area contributed by atoms with Crippen LogP contribution in [0.5, 0.6) is 5.75 Å². The maximum absolute atomic E-state index is 11.7. The molecule has 1 saturated heterocycles. The zero-order valence-corrected chi connectivity index (χ0v) is 13.3. The van der Waals surface area contributed by atoms with Crippen LogP contribution in [0, 0.1) is 0 Å². The van der Waals surface area contributed by atoms with Crippen molar-refractivity contribution in [1.29, 1.82) is 0 Å². The molecule has 0 saturated carbocycles. The summed E-state index contributed by atoms with van der Waals surface area (Å²) in [6.45, 7) is 1.27. The number of methoxy groups -OCH3 is 1. The van der Waals surface area contributed by atoms with Crippen LogP contribution < -0.4 is 4.74 Å². The minimum Gasteiger partial charge on any atom is -0.496 e. The maximum atomic E-state index is 11.7. The molecule has 0 aromatic heterocycles. The largest absolute Gasteiger partial charge is 0.496 e. The lowest BCUT2D eigenvalue weighted by molar-refractivity contribution is 0.404. The van der Waals surface area contributed by atoms with Crippen LogP contribution in [0.2, 0.25) is 0 Å². The Labute approximate surface area is 122 Å². The first kappa shape index (κ1) is 14.8. The van der Waals surface area contributed by atoms with E-state index >= 15 is 0 Å². The number of sulfonamides is 1. The Kier molecular flexibility index (Phi) is 4.86. The summed E-state index contributed by atoms with van der Waals surface area (Å²) < 4.78 is 31.2. The number of hydrogen-bond donors (Lipinski definition) is 0. The smallest absolute Gasteiger partial charge is 0.214 e. The third-order valence-electron chi connectivity index (χ3n) is 3.31. The zero-order chi connectivity index (χ0) is 13.9.